The molecule has 3 rings (SSSR count). The third kappa shape index (κ3) is 1.22. The molecule has 0 amide bonds. The molecule has 5 nitrogen and oxygen atoms in total. The van der Waals surface area contributed by atoms with Crippen molar-refractivity contribution in [3.63, 3.8) is 0 Å². The molecule has 2 aromatic heterocycles. The van der Waals surface area contributed by atoms with Crippen molar-refractivity contribution < 1.29 is 5.11 Å². The minimum absolute atomic E-state index is 0.536. The summed E-state index contributed by atoms with van der Waals surface area (Å²) in [6, 6.07) is 3.88. The number of aliphatic hydroxyl groups is 1. The van der Waals surface area contributed by atoms with Crippen LogP contribution in [-0.2, 0) is 0 Å². The zero-order chi connectivity index (χ0) is 11.2. The third-order valence-corrected chi connectivity index (χ3v) is 2.92. The number of hydrogen-bond donors (Lipinski definition) is 1. The van der Waals surface area contributed by atoms with Gasteiger partial charge in [0.05, 0.1) is 13.1 Å². The van der Waals surface area contributed by atoms with Crippen LogP contribution < -0.4 is 4.90 Å². The van der Waals surface area contributed by atoms with Gasteiger partial charge in [-0.2, -0.15) is 5.10 Å². The van der Waals surface area contributed by atoms with Crippen LogP contribution in [0.1, 0.15) is 0 Å². The number of fused-ring (bicyclic) bond motifs is 1. The number of aromatic nitrogens is 3. The highest BCUT2D eigenvalue weighted by Gasteiger charge is 2.39. The van der Waals surface area contributed by atoms with Crippen molar-refractivity contribution >= 4 is 11.3 Å². The second kappa shape index (κ2) is 3.05. The average molecular weight is 216 g/mol. The molecule has 1 saturated heterocycles. The Kier molecular flexibility index (Phi) is 1.79. The fourth-order valence-electron chi connectivity index (χ4n) is 1.99. The molecule has 0 aliphatic carbocycles. The molecule has 1 aliphatic heterocycles. The van der Waals surface area contributed by atoms with Crippen molar-refractivity contribution in [3.05, 3.63) is 37.3 Å². The quantitative estimate of drug-likeness (QED) is 0.741. The lowest BCUT2D eigenvalue weighted by Crippen LogP contribution is -2.61. The van der Waals surface area contributed by atoms with E-state index in [-0.39, 0.29) is 0 Å². The van der Waals surface area contributed by atoms with Crippen molar-refractivity contribution in [2.75, 3.05) is 18.0 Å². The Balaban J connectivity index is 1.96. The average Bonchev–Trinajstić information content (AvgIpc) is 2.72. The standard InChI is InChI=1S/C11H12N4O/c1-2-11(16)6-14(7-11)10-9-4-3-5-15(9)13-8-12-10/h2-5,8,16H,1,6-7H2. The van der Waals surface area contributed by atoms with Crippen LogP contribution in [0.3, 0.4) is 0 Å². The van der Waals surface area contributed by atoms with Crippen molar-refractivity contribution in [2.45, 2.75) is 5.60 Å². The molecule has 82 valence electrons. The Labute approximate surface area is 92.6 Å². The molecule has 16 heavy (non-hydrogen) atoms. The number of hydrogen-bond acceptors (Lipinski definition) is 4. The van der Waals surface area contributed by atoms with Gasteiger partial charge in [-0.3, -0.25) is 0 Å². The lowest BCUT2D eigenvalue weighted by Gasteiger charge is -2.45. The molecule has 0 unspecified atom stereocenters. The first-order chi connectivity index (χ1) is 7.72. The molecule has 0 bridgehead atoms. The van der Waals surface area contributed by atoms with Crippen molar-refractivity contribution in [3.8, 4) is 0 Å². The summed E-state index contributed by atoms with van der Waals surface area (Å²) in [7, 11) is 0. The summed E-state index contributed by atoms with van der Waals surface area (Å²) in [5.41, 5.74) is 0.183. The summed E-state index contributed by atoms with van der Waals surface area (Å²) in [5, 5.41) is 14.0. The van der Waals surface area contributed by atoms with E-state index in [1.165, 1.54) is 6.33 Å². The maximum absolute atomic E-state index is 9.86. The first-order valence-corrected chi connectivity index (χ1v) is 5.11. The van der Waals surface area contributed by atoms with Crippen LogP contribution in [0, 0.1) is 0 Å². The topological polar surface area (TPSA) is 53.7 Å². The Morgan fingerprint density at radius 1 is 1.50 bits per heavy atom. The van der Waals surface area contributed by atoms with Gasteiger partial charge in [0, 0.05) is 6.20 Å². The predicted octanol–water partition coefficient (Wildman–Crippen LogP) is 0.466. The van der Waals surface area contributed by atoms with Gasteiger partial charge in [0.2, 0.25) is 0 Å². The van der Waals surface area contributed by atoms with E-state index in [1.54, 1.807) is 10.6 Å². The highest BCUT2D eigenvalue weighted by molar-refractivity contribution is 5.70. The van der Waals surface area contributed by atoms with Crippen LogP contribution in [-0.4, -0.2) is 38.4 Å². The molecule has 0 saturated carbocycles. The Bertz CT molecular complexity index is 542. The summed E-state index contributed by atoms with van der Waals surface area (Å²) in [5.74, 6) is 0.853. The van der Waals surface area contributed by atoms with Gasteiger partial charge in [-0.1, -0.05) is 6.08 Å². The van der Waals surface area contributed by atoms with Crippen LogP contribution in [0.15, 0.2) is 37.3 Å². The number of nitrogens with zero attached hydrogens (tertiary/aromatic N) is 4. The first-order valence-electron chi connectivity index (χ1n) is 5.11. The molecule has 1 fully saturated rings. The second-order valence-corrected chi connectivity index (χ2v) is 4.09. The van der Waals surface area contributed by atoms with Gasteiger partial charge in [0.15, 0.2) is 5.82 Å². The number of rotatable bonds is 2. The summed E-state index contributed by atoms with van der Waals surface area (Å²) < 4.78 is 1.77. The van der Waals surface area contributed by atoms with E-state index in [0.717, 1.165) is 11.3 Å². The van der Waals surface area contributed by atoms with Crippen LogP contribution in [0.2, 0.25) is 0 Å². The van der Waals surface area contributed by atoms with Gasteiger partial charge in [-0.05, 0) is 12.1 Å². The maximum Gasteiger partial charge on any atom is 0.156 e. The van der Waals surface area contributed by atoms with Gasteiger partial charge in [-0.15, -0.1) is 6.58 Å². The molecule has 0 aromatic carbocycles. The fourth-order valence-corrected chi connectivity index (χ4v) is 1.99. The minimum atomic E-state index is -0.769. The smallest absolute Gasteiger partial charge is 0.156 e. The summed E-state index contributed by atoms with van der Waals surface area (Å²) in [4.78, 5) is 6.26. The largest absolute Gasteiger partial charge is 0.382 e. The van der Waals surface area contributed by atoms with Crippen LogP contribution in [0.5, 0.6) is 0 Å². The Hall–Kier alpha value is -1.88. The van der Waals surface area contributed by atoms with E-state index < -0.39 is 5.60 Å². The maximum atomic E-state index is 9.86. The van der Waals surface area contributed by atoms with Gasteiger partial charge in [-0.25, -0.2) is 9.50 Å². The van der Waals surface area contributed by atoms with E-state index in [1.807, 2.05) is 23.2 Å². The summed E-state index contributed by atoms with van der Waals surface area (Å²) in [6.07, 6.45) is 4.98. The van der Waals surface area contributed by atoms with Gasteiger partial charge in [0.1, 0.15) is 17.4 Å². The fraction of sp³-hybridized carbons (Fsp3) is 0.273. The molecule has 5 heteroatoms. The molecule has 0 radical (unpaired) electrons. The van der Waals surface area contributed by atoms with Crippen molar-refractivity contribution in [2.24, 2.45) is 0 Å². The molecule has 1 N–H and O–H groups in total. The SMILES string of the molecule is C=CC1(O)CN(c2ncnn3cccc23)C1. The van der Waals surface area contributed by atoms with Crippen LogP contribution >= 0.6 is 0 Å². The van der Waals surface area contributed by atoms with E-state index >= 15 is 0 Å². The Morgan fingerprint density at radius 3 is 3.06 bits per heavy atom. The van der Waals surface area contributed by atoms with Crippen LogP contribution in [0.25, 0.3) is 5.52 Å². The summed E-state index contributed by atoms with van der Waals surface area (Å²) >= 11 is 0. The van der Waals surface area contributed by atoms with Gasteiger partial charge in [0.25, 0.3) is 0 Å². The summed E-state index contributed by atoms with van der Waals surface area (Å²) in [6.45, 7) is 4.69. The minimum Gasteiger partial charge on any atom is -0.382 e. The van der Waals surface area contributed by atoms with E-state index in [4.69, 9.17) is 0 Å². The van der Waals surface area contributed by atoms with Gasteiger partial charge >= 0.3 is 0 Å². The highest BCUT2D eigenvalue weighted by atomic mass is 16.3. The van der Waals surface area contributed by atoms with Crippen molar-refractivity contribution in [1.29, 1.82) is 0 Å². The second-order valence-electron chi connectivity index (χ2n) is 4.09. The van der Waals surface area contributed by atoms with Crippen molar-refractivity contribution in [1.82, 2.24) is 14.6 Å². The molecule has 0 spiro atoms. The van der Waals surface area contributed by atoms with Crippen LogP contribution in [0.4, 0.5) is 5.82 Å². The monoisotopic (exact) mass is 216 g/mol. The molecule has 1 aliphatic rings. The molecular formula is C11H12N4O. The van der Waals surface area contributed by atoms with Gasteiger partial charge < -0.3 is 10.0 Å². The molecule has 0 atom stereocenters. The Morgan fingerprint density at radius 2 is 2.31 bits per heavy atom. The molecule has 3 heterocycles. The lowest BCUT2D eigenvalue weighted by molar-refractivity contribution is 0.0606. The third-order valence-electron chi connectivity index (χ3n) is 2.92. The van der Waals surface area contributed by atoms with E-state index in [9.17, 15) is 5.11 Å². The molecular weight excluding hydrogens is 204 g/mol. The highest BCUT2D eigenvalue weighted by Crippen LogP contribution is 2.29. The zero-order valence-electron chi connectivity index (χ0n) is 8.74. The number of anilines is 1. The normalized spacial score (nSPS) is 18.4. The predicted molar refractivity (Wildman–Crippen MR) is 60.3 cm³/mol. The van der Waals surface area contributed by atoms with E-state index in [2.05, 4.69) is 16.7 Å². The lowest BCUT2D eigenvalue weighted by atomic mass is 9.94. The van der Waals surface area contributed by atoms with E-state index in [0.29, 0.717) is 13.1 Å². The number of β-amino-alcohol motifs (C(OH)–C–C–N with tert-alkyl or cyclic N) is 1. The molecule has 2 aromatic rings. The zero-order valence-corrected chi connectivity index (χ0v) is 8.74. The first kappa shape index (κ1) is 9.35.